The summed E-state index contributed by atoms with van der Waals surface area (Å²) in [5.74, 6) is 0.740. The van der Waals surface area contributed by atoms with E-state index >= 15 is 0 Å². The summed E-state index contributed by atoms with van der Waals surface area (Å²) in [4.78, 5) is 21.0. The zero-order valence-electron chi connectivity index (χ0n) is 14.1. The third-order valence-corrected chi connectivity index (χ3v) is 3.85. The van der Waals surface area contributed by atoms with Crippen LogP contribution in [-0.2, 0) is 0 Å². The Morgan fingerprint density at radius 1 is 1.21 bits per heavy atom. The molecule has 2 aromatic heterocycles. The number of aromatic nitrogens is 4. The van der Waals surface area contributed by atoms with Gasteiger partial charge in [-0.3, -0.25) is 4.79 Å². The van der Waals surface area contributed by atoms with Crippen molar-refractivity contribution in [2.75, 3.05) is 0 Å². The summed E-state index contributed by atoms with van der Waals surface area (Å²) in [6.45, 7) is 6.17. The molecule has 0 saturated carbocycles. The van der Waals surface area contributed by atoms with E-state index < -0.39 is 0 Å². The maximum absolute atomic E-state index is 12.6. The van der Waals surface area contributed by atoms with Crippen molar-refractivity contribution in [3.8, 4) is 0 Å². The van der Waals surface area contributed by atoms with Gasteiger partial charge in [0.25, 0.3) is 11.7 Å². The van der Waals surface area contributed by atoms with Crippen molar-refractivity contribution in [3.05, 3.63) is 59.7 Å². The van der Waals surface area contributed by atoms with E-state index in [0.717, 1.165) is 17.7 Å². The predicted octanol–water partition coefficient (Wildman–Crippen LogP) is 2.95. The monoisotopic (exact) mass is 323 g/mol. The number of nitrogens with zero attached hydrogens (tertiary/aromatic N) is 4. The lowest BCUT2D eigenvalue weighted by Crippen LogP contribution is -2.30. The first kappa shape index (κ1) is 16.1. The molecule has 0 fully saturated rings. The van der Waals surface area contributed by atoms with Gasteiger partial charge in [-0.15, -0.1) is 5.10 Å². The normalized spacial score (nSPS) is 12.5. The van der Waals surface area contributed by atoms with Gasteiger partial charge in [-0.25, -0.2) is 9.50 Å². The van der Waals surface area contributed by atoms with Gasteiger partial charge in [-0.2, -0.15) is 4.98 Å². The van der Waals surface area contributed by atoms with Crippen molar-refractivity contribution >= 4 is 11.7 Å². The van der Waals surface area contributed by atoms with E-state index in [-0.39, 0.29) is 17.8 Å². The molecular weight excluding hydrogens is 302 g/mol. The predicted molar refractivity (Wildman–Crippen MR) is 91.6 cm³/mol. The Bertz CT molecular complexity index is 841. The smallest absolute Gasteiger partial charge is 0.291 e. The van der Waals surface area contributed by atoms with Gasteiger partial charge in [-0.1, -0.05) is 44.2 Å². The average Bonchev–Trinajstić information content (AvgIpc) is 3.00. The molecule has 1 atom stereocenters. The second-order valence-electron chi connectivity index (χ2n) is 6.30. The minimum absolute atomic E-state index is 0.0700. The summed E-state index contributed by atoms with van der Waals surface area (Å²) in [6, 6.07) is 11.7. The van der Waals surface area contributed by atoms with Gasteiger partial charge in [-0.05, 0) is 30.9 Å². The molecule has 0 radical (unpaired) electrons. The van der Waals surface area contributed by atoms with E-state index in [4.69, 9.17) is 0 Å². The van der Waals surface area contributed by atoms with Crippen LogP contribution in [0.25, 0.3) is 5.78 Å². The van der Waals surface area contributed by atoms with Crippen LogP contribution in [0, 0.1) is 12.8 Å². The third kappa shape index (κ3) is 3.42. The Morgan fingerprint density at radius 3 is 2.62 bits per heavy atom. The molecule has 1 amide bonds. The molecule has 2 heterocycles. The summed E-state index contributed by atoms with van der Waals surface area (Å²) in [7, 11) is 0. The van der Waals surface area contributed by atoms with Gasteiger partial charge in [0.05, 0.1) is 6.04 Å². The van der Waals surface area contributed by atoms with Gasteiger partial charge in [0.15, 0.2) is 0 Å². The van der Waals surface area contributed by atoms with Crippen molar-refractivity contribution in [1.82, 2.24) is 24.9 Å². The number of benzene rings is 1. The van der Waals surface area contributed by atoms with Crippen molar-refractivity contribution in [2.45, 2.75) is 33.2 Å². The van der Waals surface area contributed by atoms with Crippen molar-refractivity contribution in [1.29, 1.82) is 0 Å². The Balaban J connectivity index is 1.85. The first-order valence-corrected chi connectivity index (χ1v) is 8.09. The molecule has 0 spiro atoms. The van der Waals surface area contributed by atoms with Gasteiger partial charge in [0.2, 0.25) is 5.82 Å². The number of carbonyl (C=O) groups is 1. The van der Waals surface area contributed by atoms with Gasteiger partial charge in [0, 0.05) is 11.9 Å². The zero-order chi connectivity index (χ0) is 17.1. The quantitative estimate of drug-likeness (QED) is 0.783. The number of rotatable bonds is 5. The zero-order valence-corrected chi connectivity index (χ0v) is 14.1. The Kier molecular flexibility index (Phi) is 4.55. The van der Waals surface area contributed by atoms with Crippen LogP contribution >= 0.6 is 0 Å². The summed E-state index contributed by atoms with van der Waals surface area (Å²) in [6.07, 6.45) is 2.51. The van der Waals surface area contributed by atoms with Gasteiger partial charge in [0.1, 0.15) is 0 Å². The fourth-order valence-corrected chi connectivity index (χ4v) is 2.66. The lowest BCUT2D eigenvalue weighted by molar-refractivity contribution is 0.0921. The molecule has 0 aliphatic carbocycles. The van der Waals surface area contributed by atoms with Crippen LogP contribution in [0.5, 0.6) is 0 Å². The van der Waals surface area contributed by atoms with Crippen molar-refractivity contribution < 1.29 is 4.79 Å². The molecule has 6 heteroatoms. The lowest BCUT2D eigenvalue weighted by Gasteiger charge is -2.20. The van der Waals surface area contributed by atoms with E-state index in [2.05, 4.69) is 34.2 Å². The highest BCUT2D eigenvalue weighted by Crippen LogP contribution is 2.21. The molecular formula is C18H21N5O. The fraction of sp³-hybridized carbons (Fsp3) is 0.333. The molecule has 0 saturated heterocycles. The summed E-state index contributed by atoms with van der Waals surface area (Å²) in [5.41, 5.74) is 1.96. The first-order valence-electron chi connectivity index (χ1n) is 8.09. The van der Waals surface area contributed by atoms with Crippen molar-refractivity contribution in [3.63, 3.8) is 0 Å². The Hall–Kier alpha value is -2.76. The van der Waals surface area contributed by atoms with Gasteiger partial charge < -0.3 is 5.32 Å². The molecule has 1 N–H and O–H groups in total. The van der Waals surface area contributed by atoms with E-state index in [1.807, 2.05) is 43.3 Å². The van der Waals surface area contributed by atoms with Crippen LogP contribution in [-0.4, -0.2) is 25.5 Å². The van der Waals surface area contributed by atoms with Crippen LogP contribution in [0.4, 0.5) is 0 Å². The second-order valence-corrected chi connectivity index (χ2v) is 6.30. The highest BCUT2D eigenvalue weighted by atomic mass is 16.2. The molecule has 124 valence electrons. The minimum atomic E-state index is -0.283. The van der Waals surface area contributed by atoms with Crippen LogP contribution < -0.4 is 5.32 Å². The number of aryl methyl sites for hydroxylation is 1. The molecule has 24 heavy (non-hydrogen) atoms. The molecule has 6 nitrogen and oxygen atoms in total. The van der Waals surface area contributed by atoms with Crippen LogP contribution in [0.1, 0.15) is 48.2 Å². The molecule has 0 aliphatic rings. The summed E-state index contributed by atoms with van der Waals surface area (Å²) >= 11 is 0. The number of hydrogen-bond donors (Lipinski definition) is 1. The number of hydrogen-bond acceptors (Lipinski definition) is 4. The molecule has 3 aromatic rings. The van der Waals surface area contributed by atoms with Crippen LogP contribution in [0.2, 0.25) is 0 Å². The topological polar surface area (TPSA) is 72.2 Å². The lowest BCUT2D eigenvalue weighted by atomic mass is 9.97. The number of amides is 1. The Morgan fingerprint density at radius 2 is 1.96 bits per heavy atom. The number of carbonyl (C=O) groups excluding carboxylic acids is 1. The van der Waals surface area contributed by atoms with Crippen LogP contribution in [0.3, 0.4) is 0 Å². The highest BCUT2D eigenvalue weighted by Gasteiger charge is 2.20. The molecule has 0 bridgehead atoms. The first-order chi connectivity index (χ1) is 11.5. The standard InChI is InChI=1S/C18H21N5O/c1-12(2)11-15(14-7-5-4-6-8-14)20-17(24)16-21-18-19-10-9-13(3)23(18)22-16/h4-10,12,15H,11H2,1-3H3,(H,20,24)/t15-/m0/s1. The number of nitrogens with one attached hydrogen (secondary N) is 1. The maximum Gasteiger partial charge on any atom is 0.291 e. The summed E-state index contributed by atoms with van der Waals surface area (Å²) in [5, 5.41) is 7.33. The van der Waals surface area contributed by atoms with E-state index in [1.165, 1.54) is 0 Å². The van der Waals surface area contributed by atoms with Gasteiger partial charge >= 0.3 is 0 Å². The third-order valence-electron chi connectivity index (χ3n) is 3.85. The SMILES string of the molecule is Cc1ccnc2nc(C(=O)N[C@@H](CC(C)C)c3ccccc3)nn12. The Labute approximate surface area is 141 Å². The minimum Gasteiger partial charge on any atom is -0.342 e. The van der Waals surface area contributed by atoms with E-state index in [0.29, 0.717) is 11.7 Å². The largest absolute Gasteiger partial charge is 0.342 e. The molecule has 1 aromatic carbocycles. The maximum atomic E-state index is 12.6. The number of fused-ring (bicyclic) bond motifs is 1. The van der Waals surface area contributed by atoms with E-state index in [9.17, 15) is 4.79 Å². The molecule has 0 aliphatic heterocycles. The highest BCUT2D eigenvalue weighted by molar-refractivity contribution is 5.91. The van der Waals surface area contributed by atoms with E-state index in [1.54, 1.807) is 10.7 Å². The average molecular weight is 323 g/mol. The second kappa shape index (κ2) is 6.78. The fourth-order valence-electron chi connectivity index (χ4n) is 2.66. The molecule has 3 rings (SSSR count). The summed E-state index contributed by atoms with van der Waals surface area (Å²) < 4.78 is 1.58. The molecule has 0 unspecified atom stereocenters. The van der Waals surface area contributed by atoms with Crippen molar-refractivity contribution in [2.24, 2.45) is 5.92 Å². The van der Waals surface area contributed by atoms with Crippen LogP contribution in [0.15, 0.2) is 42.6 Å².